The lowest BCUT2D eigenvalue weighted by Gasteiger charge is -2.40. The van der Waals surface area contributed by atoms with Gasteiger partial charge < -0.3 is 14.5 Å². The summed E-state index contributed by atoms with van der Waals surface area (Å²) < 4.78 is 32.9. The summed E-state index contributed by atoms with van der Waals surface area (Å²) in [4.78, 5) is 18.0. The quantitative estimate of drug-likeness (QED) is 0.222. The molecule has 3 aromatic rings. The van der Waals surface area contributed by atoms with Crippen molar-refractivity contribution in [3.63, 3.8) is 0 Å². The van der Waals surface area contributed by atoms with Gasteiger partial charge in [0.1, 0.15) is 0 Å². The summed E-state index contributed by atoms with van der Waals surface area (Å²) in [5.74, 6) is -0.0665. The number of rotatable bonds is 11. The Morgan fingerprint density at radius 2 is 1.62 bits per heavy atom. The molecule has 242 valence electrons. The van der Waals surface area contributed by atoms with E-state index in [1.165, 1.54) is 6.26 Å². The van der Waals surface area contributed by atoms with Crippen LogP contribution in [0, 0.1) is 0 Å². The summed E-state index contributed by atoms with van der Waals surface area (Å²) in [6.45, 7) is 7.45. The average Bonchev–Trinajstić information content (AvgIpc) is 3.34. The molecule has 2 aliphatic rings. The van der Waals surface area contributed by atoms with Gasteiger partial charge in [0.25, 0.3) is 5.91 Å². The highest BCUT2D eigenvalue weighted by Crippen LogP contribution is 2.48. The summed E-state index contributed by atoms with van der Waals surface area (Å²) in [6.07, 6.45) is 3.08. The number of para-hydroxylation sites is 1. The van der Waals surface area contributed by atoms with Crippen LogP contribution in [0.4, 0.5) is 5.69 Å². The van der Waals surface area contributed by atoms with Crippen molar-refractivity contribution in [2.75, 3.05) is 50.3 Å². The Kier molecular flexibility index (Phi) is 10.5. The molecule has 1 amide bonds. The molecule has 1 spiro atoms. The maximum Gasteiger partial charge on any atom is 0.256 e. The second kappa shape index (κ2) is 14.0. The van der Waals surface area contributed by atoms with Crippen LogP contribution in [0.15, 0.2) is 72.8 Å². The maximum absolute atomic E-state index is 13.8. The monoisotopic (exact) mass is 671 g/mol. The van der Waals surface area contributed by atoms with Crippen molar-refractivity contribution in [1.82, 2.24) is 9.80 Å². The van der Waals surface area contributed by atoms with Gasteiger partial charge >= 0.3 is 0 Å². The third-order valence-corrected chi connectivity index (χ3v) is 11.1. The van der Waals surface area contributed by atoms with Crippen molar-refractivity contribution >= 4 is 44.8 Å². The Bertz CT molecular complexity index is 1590. The van der Waals surface area contributed by atoms with E-state index in [-0.39, 0.29) is 23.3 Å². The number of anilines is 1. The van der Waals surface area contributed by atoms with Gasteiger partial charge in [0, 0.05) is 31.5 Å². The molecule has 1 saturated heterocycles. The molecule has 2 atom stereocenters. The highest BCUT2D eigenvalue weighted by molar-refractivity contribution is 7.92. The van der Waals surface area contributed by atoms with Crippen molar-refractivity contribution in [3.05, 3.63) is 99.5 Å². The van der Waals surface area contributed by atoms with Gasteiger partial charge in [-0.05, 0) is 87.6 Å². The molecule has 0 N–H and O–H groups in total. The zero-order valence-electron chi connectivity index (χ0n) is 26.5. The Morgan fingerprint density at radius 3 is 2.27 bits per heavy atom. The lowest BCUT2D eigenvalue weighted by molar-refractivity contribution is -0.146. The van der Waals surface area contributed by atoms with E-state index in [1.54, 1.807) is 9.21 Å². The number of likely N-dealkylation sites (tertiary alicyclic amines) is 1. The first-order valence-electron chi connectivity index (χ1n) is 15.6. The first-order valence-corrected chi connectivity index (χ1v) is 18.2. The molecule has 0 bridgehead atoms. The molecule has 5 rings (SSSR count). The van der Waals surface area contributed by atoms with Gasteiger partial charge in [0.2, 0.25) is 10.0 Å². The van der Waals surface area contributed by atoms with Crippen LogP contribution >= 0.6 is 23.2 Å². The molecule has 10 heteroatoms. The largest absolute Gasteiger partial charge is 0.361 e. The molecule has 0 saturated carbocycles. The Hall–Kier alpha value is -2.62. The van der Waals surface area contributed by atoms with Crippen LogP contribution in [-0.2, 0) is 25.0 Å². The fourth-order valence-electron chi connectivity index (χ4n) is 6.78. The second-order valence-corrected chi connectivity index (χ2v) is 15.5. The number of amides is 1. The van der Waals surface area contributed by atoms with Crippen LogP contribution in [-0.4, -0.2) is 76.3 Å². The maximum atomic E-state index is 13.8. The lowest BCUT2D eigenvalue weighted by Crippen LogP contribution is -2.46. The predicted octanol–water partition coefficient (Wildman–Crippen LogP) is 6.91. The number of likely N-dealkylation sites (N-methyl/N-ethyl adjacent to an activating group) is 1. The number of carbonyl (C=O) groups excluding carboxylic acids is 1. The first kappa shape index (κ1) is 33.7. The van der Waals surface area contributed by atoms with Gasteiger partial charge in [-0.2, -0.15) is 0 Å². The van der Waals surface area contributed by atoms with Crippen LogP contribution in [0.25, 0.3) is 0 Å². The zero-order valence-corrected chi connectivity index (χ0v) is 28.8. The van der Waals surface area contributed by atoms with E-state index >= 15 is 0 Å². The molecule has 0 radical (unpaired) electrons. The van der Waals surface area contributed by atoms with Crippen LogP contribution in [0.2, 0.25) is 10.0 Å². The average molecular weight is 673 g/mol. The summed E-state index contributed by atoms with van der Waals surface area (Å²) in [6, 6.07) is 23.3. The van der Waals surface area contributed by atoms with E-state index in [4.69, 9.17) is 27.9 Å². The minimum atomic E-state index is -3.35. The van der Waals surface area contributed by atoms with Gasteiger partial charge in [-0.15, -0.1) is 0 Å². The van der Waals surface area contributed by atoms with Gasteiger partial charge in [-0.25, -0.2) is 8.42 Å². The summed E-state index contributed by atoms with van der Waals surface area (Å²) in [7, 11) is -1.52. The lowest BCUT2D eigenvalue weighted by atomic mass is 9.74. The standard InChI is InChI=1S/C35H43Cl2N3O4S/c1-25(2)44-33(26-10-6-5-7-11-26)34(41)38(3)23-28(27-14-15-30(36)31(37)22-27)16-19-39-20-17-35(18-21-39)24-40(45(4,42)43)32-13-9-8-12-29(32)35/h5-15,22,25,28,33H,16-21,23-24H2,1-4H3. The van der Waals surface area contributed by atoms with Crippen LogP contribution in [0.5, 0.6) is 0 Å². The summed E-state index contributed by atoms with van der Waals surface area (Å²) in [5, 5.41) is 0.994. The van der Waals surface area contributed by atoms with Gasteiger partial charge in [0.15, 0.2) is 6.10 Å². The molecule has 2 aliphatic heterocycles. The summed E-state index contributed by atoms with van der Waals surface area (Å²) in [5.41, 5.74) is 3.65. The van der Waals surface area contributed by atoms with Gasteiger partial charge in [-0.3, -0.25) is 9.10 Å². The number of piperidine rings is 1. The highest BCUT2D eigenvalue weighted by atomic mass is 35.5. The van der Waals surface area contributed by atoms with Crippen molar-refractivity contribution in [2.24, 2.45) is 0 Å². The number of sulfonamides is 1. The molecule has 0 aromatic heterocycles. The first-order chi connectivity index (χ1) is 21.4. The minimum Gasteiger partial charge on any atom is -0.361 e. The smallest absolute Gasteiger partial charge is 0.256 e. The summed E-state index contributed by atoms with van der Waals surface area (Å²) >= 11 is 12.7. The highest BCUT2D eigenvalue weighted by Gasteiger charge is 2.46. The molecule has 2 heterocycles. The number of benzene rings is 3. The SMILES string of the molecule is CC(C)OC(C(=O)N(C)CC(CCN1CCC2(CC1)CN(S(C)(=O)=O)c1ccccc12)c1ccc(Cl)c(Cl)c1)c1ccccc1. The molecule has 2 unspecified atom stereocenters. The minimum absolute atomic E-state index is 0.0213. The Morgan fingerprint density at radius 1 is 0.956 bits per heavy atom. The zero-order chi connectivity index (χ0) is 32.4. The third kappa shape index (κ3) is 7.68. The number of ether oxygens (including phenoxy) is 1. The van der Waals surface area contributed by atoms with Crippen molar-refractivity contribution in [1.29, 1.82) is 0 Å². The fraction of sp³-hybridized carbons (Fsp3) is 0.457. The van der Waals surface area contributed by atoms with E-state index in [2.05, 4.69) is 11.0 Å². The van der Waals surface area contributed by atoms with E-state index in [9.17, 15) is 13.2 Å². The van der Waals surface area contributed by atoms with Crippen molar-refractivity contribution in [2.45, 2.75) is 56.7 Å². The number of hydrogen-bond acceptors (Lipinski definition) is 5. The molecule has 7 nitrogen and oxygen atoms in total. The van der Waals surface area contributed by atoms with E-state index in [0.29, 0.717) is 23.1 Å². The number of nitrogens with zero attached hydrogens (tertiary/aromatic N) is 3. The van der Waals surface area contributed by atoms with Crippen molar-refractivity contribution < 1.29 is 17.9 Å². The van der Waals surface area contributed by atoms with Crippen LogP contribution in [0.1, 0.15) is 61.8 Å². The van der Waals surface area contributed by atoms with Crippen LogP contribution < -0.4 is 4.31 Å². The number of carbonyl (C=O) groups is 1. The normalized spacial score (nSPS) is 17.8. The number of hydrogen-bond donors (Lipinski definition) is 0. The number of fused-ring (bicyclic) bond motifs is 2. The topological polar surface area (TPSA) is 70.2 Å². The van der Waals surface area contributed by atoms with Gasteiger partial charge in [0.05, 0.1) is 28.1 Å². The second-order valence-electron chi connectivity index (χ2n) is 12.8. The van der Waals surface area contributed by atoms with Crippen molar-refractivity contribution in [3.8, 4) is 0 Å². The van der Waals surface area contributed by atoms with Crippen LogP contribution in [0.3, 0.4) is 0 Å². The third-order valence-electron chi connectivity index (χ3n) is 9.22. The molecule has 0 aliphatic carbocycles. The van der Waals surface area contributed by atoms with E-state index in [1.807, 2.05) is 87.6 Å². The fourth-order valence-corrected chi connectivity index (χ4v) is 8.09. The van der Waals surface area contributed by atoms with E-state index in [0.717, 1.165) is 61.3 Å². The Labute approximate surface area is 278 Å². The molecular formula is C35H43Cl2N3O4S. The Balaban J connectivity index is 1.29. The van der Waals surface area contributed by atoms with E-state index < -0.39 is 16.1 Å². The van der Waals surface area contributed by atoms with Gasteiger partial charge in [-0.1, -0.05) is 77.8 Å². The molecule has 45 heavy (non-hydrogen) atoms. The molecular weight excluding hydrogens is 629 g/mol. The predicted molar refractivity (Wildman–Crippen MR) is 183 cm³/mol. The number of halogens is 2. The molecule has 3 aromatic carbocycles. The molecule has 1 fully saturated rings.